The number of carbonyl (C=O) groups excluding carboxylic acids is 3. The molecule has 3 N–H and O–H groups in total. The van der Waals surface area contributed by atoms with Gasteiger partial charge in [0, 0.05) is 13.0 Å². The molecule has 0 aliphatic heterocycles. The monoisotopic (exact) mass is 245 g/mol. The molecule has 3 amide bonds. The van der Waals surface area contributed by atoms with Crippen molar-refractivity contribution < 1.29 is 19.1 Å². The molecule has 98 valence electrons. The summed E-state index contributed by atoms with van der Waals surface area (Å²) < 4.78 is 5.00. The Hall–Kier alpha value is -1.79. The van der Waals surface area contributed by atoms with Crippen LogP contribution in [0.3, 0.4) is 0 Å². The van der Waals surface area contributed by atoms with Gasteiger partial charge in [-0.1, -0.05) is 0 Å². The van der Waals surface area contributed by atoms with Crippen LogP contribution in [0.2, 0.25) is 0 Å². The summed E-state index contributed by atoms with van der Waals surface area (Å²) in [6.07, 6.45) is 0.531. The lowest BCUT2D eigenvalue weighted by atomic mass is 10.2. The second-order valence-electron chi connectivity index (χ2n) is 4.34. The van der Waals surface area contributed by atoms with E-state index in [-0.39, 0.29) is 12.3 Å². The molecule has 0 heterocycles. The molecule has 7 heteroatoms. The van der Waals surface area contributed by atoms with E-state index in [0.29, 0.717) is 19.4 Å². The normalized spacial score (nSPS) is 10.3. The zero-order valence-electron chi connectivity index (χ0n) is 10.3. The third-order valence-electron chi connectivity index (χ3n) is 1.52. The van der Waals surface area contributed by atoms with E-state index >= 15 is 0 Å². The molecule has 0 atom stereocenters. The quantitative estimate of drug-likeness (QED) is 0.350. The zero-order chi connectivity index (χ0) is 13.3. The van der Waals surface area contributed by atoms with Crippen LogP contribution < -0.4 is 16.2 Å². The summed E-state index contributed by atoms with van der Waals surface area (Å²) in [5, 5.41) is 2.52. The predicted molar refractivity (Wildman–Crippen MR) is 60.8 cm³/mol. The van der Waals surface area contributed by atoms with E-state index in [9.17, 15) is 14.4 Å². The van der Waals surface area contributed by atoms with Crippen molar-refractivity contribution in [2.24, 2.45) is 0 Å². The number of hydrogen-bond acceptors (Lipinski definition) is 4. The lowest BCUT2D eigenvalue weighted by molar-refractivity contribution is -0.124. The van der Waals surface area contributed by atoms with Gasteiger partial charge in [-0.05, 0) is 27.2 Å². The Bertz CT molecular complexity index is 273. The fourth-order valence-corrected chi connectivity index (χ4v) is 0.926. The van der Waals surface area contributed by atoms with E-state index in [0.717, 1.165) is 0 Å². The van der Waals surface area contributed by atoms with Crippen molar-refractivity contribution in [2.45, 2.75) is 39.2 Å². The van der Waals surface area contributed by atoms with Gasteiger partial charge >= 0.3 is 6.09 Å². The van der Waals surface area contributed by atoms with Gasteiger partial charge in [-0.3, -0.25) is 20.4 Å². The minimum atomic E-state index is -0.532. The molecule has 0 aliphatic rings. The van der Waals surface area contributed by atoms with E-state index in [1.807, 2.05) is 5.43 Å². The van der Waals surface area contributed by atoms with Crippen molar-refractivity contribution in [1.29, 1.82) is 0 Å². The molecule has 0 aromatic rings. The van der Waals surface area contributed by atoms with Gasteiger partial charge in [-0.2, -0.15) is 0 Å². The average Bonchev–Trinajstić information content (AvgIpc) is 2.19. The maximum atomic E-state index is 11.2. The molecule has 0 saturated carbocycles. The van der Waals surface area contributed by atoms with Crippen molar-refractivity contribution >= 4 is 18.4 Å². The number of ether oxygens (including phenoxy) is 1. The molecule has 0 aromatic carbocycles. The van der Waals surface area contributed by atoms with Gasteiger partial charge in [0.25, 0.3) is 0 Å². The van der Waals surface area contributed by atoms with Crippen molar-refractivity contribution in [3.63, 3.8) is 0 Å². The molecule has 7 nitrogen and oxygen atoms in total. The van der Waals surface area contributed by atoms with Gasteiger partial charge in [0.2, 0.25) is 12.3 Å². The van der Waals surface area contributed by atoms with E-state index in [1.165, 1.54) is 0 Å². The first-order valence-corrected chi connectivity index (χ1v) is 5.30. The highest BCUT2D eigenvalue weighted by atomic mass is 16.6. The SMILES string of the molecule is CC(C)(C)OC(=O)NCCCC(=O)NNC=O. The minimum absolute atomic E-state index is 0.205. The lowest BCUT2D eigenvalue weighted by Crippen LogP contribution is -2.37. The second-order valence-corrected chi connectivity index (χ2v) is 4.34. The molecule has 0 saturated heterocycles. The molecule has 0 bridgehead atoms. The van der Waals surface area contributed by atoms with E-state index < -0.39 is 11.7 Å². The summed E-state index contributed by atoms with van der Waals surface area (Å²) >= 11 is 0. The first kappa shape index (κ1) is 15.2. The number of hydrogen-bond donors (Lipinski definition) is 3. The van der Waals surface area contributed by atoms with Crippen LogP contribution in [0.1, 0.15) is 33.6 Å². The molecule has 0 radical (unpaired) electrons. The third-order valence-corrected chi connectivity index (χ3v) is 1.52. The first-order valence-electron chi connectivity index (χ1n) is 5.30. The van der Waals surface area contributed by atoms with Crippen LogP contribution in [0.25, 0.3) is 0 Å². The average molecular weight is 245 g/mol. The van der Waals surface area contributed by atoms with E-state index in [4.69, 9.17) is 4.74 Å². The van der Waals surface area contributed by atoms with E-state index in [1.54, 1.807) is 20.8 Å². The van der Waals surface area contributed by atoms with Gasteiger partial charge in [0.15, 0.2) is 0 Å². The molecule has 0 aromatic heterocycles. The van der Waals surface area contributed by atoms with Crippen LogP contribution in [0.15, 0.2) is 0 Å². The van der Waals surface area contributed by atoms with Gasteiger partial charge in [0.05, 0.1) is 0 Å². The number of hydrazine groups is 1. The van der Waals surface area contributed by atoms with Crippen LogP contribution in [0.4, 0.5) is 4.79 Å². The highest BCUT2D eigenvalue weighted by Gasteiger charge is 2.15. The largest absolute Gasteiger partial charge is 0.444 e. The molecule has 0 fully saturated rings. The van der Waals surface area contributed by atoms with Crippen LogP contribution in [0, 0.1) is 0 Å². The summed E-state index contributed by atoms with van der Waals surface area (Å²) in [6.45, 7) is 5.64. The maximum absolute atomic E-state index is 11.2. The van der Waals surface area contributed by atoms with Crippen molar-refractivity contribution in [3.05, 3.63) is 0 Å². The molecule has 0 spiro atoms. The summed E-state index contributed by atoms with van der Waals surface area (Å²) in [5.41, 5.74) is 3.66. The summed E-state index contributed by atoms with van der Waals surface area (Å²) in [7, 11) is 0. The predicted octanol–water partition coefficient (Wildman–Crippen LogP) is 0.0685. The Balaban J connectivity index is 3.54. The summed E-state index contributed by atoms with van der Waals surface area (Å²) in [4.78, 5) is 32.0. The van der Waals surface area contributed by atoms with E-state index in [2.05, 4.69) is 10.7 Å². The minimum Gasteiger partial charge on any atom is -0.444 e. The fraction of sp³-hybridized carbons (Fsp3) is 0.700. The van der Waals surface area contributed by atoms with Gasteiger partial charge < -0.3 is 10.1 Å². The van der Waals surface area contributed by atoms with Crippen molar-refractivity contribution in [3.8, 4) is 0 Å². The van der Waals surface area contributed by atoms with Gasteiger partial charge in [0.1, 0.15) is 5.60 Å². The van der Waals surface area contributed by atoms with Crippen molar-refractivity contribution in [1.82, 2.24) is 16.2 Å². The van der Waals surface area contributed by atoms with Crippen LogP contribution >= 0.6 is 0 Å². The summed E-state index contributed by atoms with van der Waals surface area (Å²) in [5.74, 6) is -0.317. The third kappa shape index (κ3) is 10.5. The zero-order valence-corrected chi connectivity index (χ0v) is 10.3. The lowest BCUT2D eigenvalue weighted by Gasteiger charge is -2.19. The molecular weight excluding hydrogens is 226 g/mol. The highest BCUT2D eigenvalue weighted by Crippen LogP contribution is 2.06. The molecule has 0 rings (SSSR count). The van der Waals surface area contributed by atoms with Crippen molar-refractivity contribution in [2.75, 3.05) is 6.54 Å². The number of nitrogens with one attached hydrogen (secondary N) is 3. The Morgan fingerprint density at radius 1 is 1.29 bits per heavy atom. The standard InChI is InChI=1S/C10H19N3O4/c1-10(2,3)17-9(16)11-6-4-5-8(15)13-12-7-14/h7H,4-6H2,1-3H3,(H,11,16)(H,12,14)(H,13,15). The topological polar surface area (TPSA) is 96.5 Å². The second kappa shape index (κ2) is 7.48. The number of amides is 3. The van der Waals surface area contributed by atoms with Crippen LogP contribution in [0.5, 0.6) is 0 Å². The molecule has 0 aliphatic carbocycles. The van der Waals surface area contributed by atoms with Gasteiger partial charge in [-0.15, -0.1) is 0 Å². The highest BCUT2D eigenvalue weighted by molar-refractivity contribution is 5.76. The van der Waals surface area contributed by atoms with Crippen LogP contribution in [-0.2, 0) is 14.3 Å². The number of rotatable bonds is 6. The summed E-state index contributed by atoms with van der Waals surface area (Å²) in [6, 6.07) is 0. The smallest absolute Gasteiger partial charge is 0.407 e. The Morgan fingerprint density at radius 3 is 2.47 bits per heavy atom. The number of carbonyl (C=O) groups is 3. The first-order chi connectivity index (χ1) is 7.85. The Labute approximate surface area is 100 Å². The molecule has 0 unspecified atom stereocenters. The Morgan fingerprint density at radius 2 is 1.94 bits per heavy atom. The fourth-order valence-electron chi connectivity index (χ4n) is 0.926. The maximum Gasteiger partial charge on any atom is 0.407 e. The van der Waals surface area contributed by atoms with Crippen LogP contribution in [-0.4, -0.2) is 30.6 Å². The Kier molecular flexibility index (Phi) is 6.69. The van der Waals surface area contributed by atoms with Gasteiger partial charge in [-0.25, -0.2) is 4.79 Å². The molecule has 17 heavy (non-hydrogen) atoms. The number of alkyl carbamates (subject to hydrolysis) is 1. The molecular formula is C10H19N3O4.